The van der Waals surface area contributed by atoms with E-state index in [1.165, 1.54) is 121 Å². The van der Waals surface area contributed by atoms with Crippen LogP contribution in [-0.2, 0) is 10.8 Å². The molecule has 0 radical (unpaired) electrons. The summed E-state index contributed by atoms with van der Waals surface area (Å²) in [6.07, 6.45) is 15.2. The summed E-state index contributed by atoms with van der Waals surface area (Å²) in [5, 5.41) is 0. The van der Waals surface area contributed by atoms with Gasteiger partial charge in [-0.15, -0.1) is 0 Å². The number of anilines is 3. The Balaban J connectivity index is 1.04. The number of hydrogen-bond donors (Lipinski definition) is 0. The molecule has 58 heavy (non-hydrogen) atoms. The molecule has 6 saturated carbocycles. The Hall–Kier alpha value is -4.88. The number of benzene rings is 6. The summed E-state index contributed by atoms with van der Waals surface area (Å²) in [5.41, 5.74) is 19.1. The maximum Gasteiger partial charge on any atom is 0.0467 e. The first-order chi connectivity index (χ1) is 28.6. The van der Waals surface area contributed by atoms with Gasteiger partial charge in [0.1, 0.15) is 0 Å². The van der Waals surface area contributed by atoms with Crippen molar-refractivity contribution in [2.45, 2.75) is 88.4 Å². The molecule has 1 nitrogen and oxygen atoms in total. The van der Waals surface area contributed by atoms with Crippen molar-refractivity contribution in [1.29, 1.82) is 0 Å². The minimum Gasteiger partial charge on any atom is -0.310 e. The van der Waals surface area contributed by atoms with Crippen LogP contribution in [0, 0.1) is 41.4 Å². The maximum absolute atomic E-state index is 2.70. The average molecular weight is 754 g/mol. The highest BCUT2D eigenvalue weighted by molar-refractivity contribution is 5.90. The van der Waals surface area contributed by atoms with Crippen LogP contribution in [0.4, 0.5) is 17.1 Å². The van der Waals surface area contributed by atoms with Gasteiger partial charge in [-0.05, 0) is 185 Å². The van der Waals surface area contributed by atoms with E-state index in [0.29, 0.717) is 11.8 Å². The van der Waals surface area contributed by atoms with Crippen molar-refractivity contribution in [1.82, 2.24) is 0 Å². The predicted octanol–water partition coefficient (Wildman–Crippen LogP) is 15.0. The van der Waals surface area contributed by atoms with Crippen LogP contribution in [0.25, 0.3) is 33.4 Å². The van der Waals surface area contributed by atoms with E-state index in [2.05, 4.69) is 151 Å². The van der Waals surface area contributed by atoms with Crippen LogP contribution >= 0.6 is 0 Å². The topological polar surface area (TPSA) is 3.24 Å². The molecule has 0 amide bonds. The number of hydrogen-bond acceptors (Lipinski definition) is 1. The van der Waals surface area contributed by atoms with Crippen LogP contribution in [0.3, 0.4) is 0 Å². The molecule has 2 spiro atoms. The zero-order valence-electron chi connectivity index (χ0n) is 34.0. The summed E-state index contributed by atoms with van der Waals surface area (Å²) in [7, 11) is 0. The first-order valence-electron chi connectivity index (χ1n) is 23.1. The smallest absolute Gasteiger partial charge is 0.0467 e. The lowest BCUT2D eigenvalue weighted by atomic mass is 9.43. The average Bonchev–Trinajstić information content (AvgIpc) is 3.72. The highest BCUT2D eigenvalue weighted by Gasteiger charge is 2.62. The second-order valence-corrected chi connectivity index (χ2v) is 19.9. The molecule has 6 aromatic rings. The molecule has 0 aliphatic heterocycles. The number of fused-ring (bicyclic) bond motifs is 11. The lowest BCUT2D eigenvalue weighted by Gasteiger charge is -2.61. The number of rotatable bonds is 5. The van der Waals surface area contributed by atoms with E-state index in [0.717, 1.165) is 29.6 Å². The van der Waals surface area contributed by atoms with Crippen molar-refractivity contribution in [3.8, 4) is 33.4 Å². The fourth-order valence-electron chi connectivity index (χ4n) is 15.9. The molecular formula is C57H55N. The standard InChI is InChI=1S/C57H55N/c1-2-41-27-36-12-10-16-42(28-36)56(41)52-20-8-6-18-48(52)50-24-22-46(34-54(50)56)58(45-17-11-15-40(33-45)39-13-4-3-5-14-39)47-23-25-51-49-19-7-9-21-53(49)57(55(51)35-47)43-29-37-26-38(31-43)32-44(57)30-37/h3-9,11,13-15,17-25,33-38,41-44H,2,10,12,16,26-32H2,1H3. The Morgan fingerprint density at radius 3 is 1.66 bits per heavy atom. The van der Waals surface area contributed by atoms with Crippen molar-refractivity contribution in [2.24, 2.45) is 41.4 Å². The normalized spacial score (nSPS) is 31.6. The van der Waals surface area contributed by atoms with E-state index in [-0.39, 0.29) is 10.8 Å². The van der Waals surface area contributed by atoms with Crippen molar-refractivity contribution in [3.05, 3.63) is 162 Å². The van der Waals surface area contributed by atoms with Gasteiger partial charge in [0.05, 0.1) is 0 Å². The van der Waals surface area contributed by atoms with Crippen LogP contribution in [0.1, 0.15) is 99.8 Å². The quantitative estimate of drug-likeness (QED) is 0.169. The van der Waals surface area contributed by atoms with Gasteiger partial charge in [-0.3, -0.25) is 0 Å². The van der Waals surface area contributed by atoms with Crippen LogP contribution in [0.2, 0.25) is 0 Å². The second-order valence-electron chi connectivity index (χ2n) is 19.9. The molecule has 6 fully saturated rings. The monoisotopic (exact) mass is 753 g/mol. The molecule has 0 N–H and O–H groups in total. The van der Waals surface area contributed by atoms with Crippen molar-refractivity contribution in [2.75, 3.05) is 4.90 Å². The Morgan fingerprint density at radius 1 is 0.431 bits per heavy atom. The van der Waals surface area contributed by atoms with E-state index < -0.39 is 0 Å². The van der Waals surface area contributed by atoms with Gasteiger partial charge in [0, 0.05) is 27.9 Å². The molecule has 0 heterocycles. The summed E-state index contributed by atoms with van der Waals surface area (Å²) in [6, 6.07) is 54.9. The summed E-state index contributed by atoms with van der Waals surface area (Å²) in [6.45, 7) is 2.49. The fourth-order valence-corrected chi connectivity index (χ4v) is 15.9. The third kappa shape index (κ3) is 4.49. The zero-order chi connectivity index (χ0) is 38.2. The van der Waals surface area contributed by atoms with Gasteiger partial charge in [0.25, 0.3) is 0 Å². The summed E-state index contributed by atoms with van der Waals surface area (Å²) >= 11 is 0. The molecule has 0 aromatic heterocycles. The lowest BCUT2D eigenvalue weighted by molar-refractivity contribution is -0.0399. The van der Waals surface area contributed by atoms with Gasteiger partial charge in [0.2, 0.25) is 0 Å². The van der Waals surface area contributed by atoms with E-state index in [9.17, 15) is 0 Å². The fraction of sp³-hybridized carbons (Fsp3) is 0.368. The highest BCUT2D eigenvalue weighted by Crippen LogP contribution is 2.70. The summed E-state index contributed by atoms with van der Waals surface area (Å²) in [4.78, 5) is 2.66. The first-order valence-corrected chi connectivity index (χ1v) is 23.1. The Kier molecular flexibility index (Phi) is 7.37. The molecule has 0 saturated heterocycles. The van der Waals surface area contributed by atoms with Crippen LogP contribution < -0.4 is 4.90 Å². The van der Waals surface area contributed by atoms with Crippen LogP contribution in [0.5, 0.6) is 0 Å². The molecule has 288 valence electrons. The summed E-state index contributed by atoms with van der Waals surface area (Å²) < 4.78 is 0. The molecule has 8 aliphatic rings. The van der Waals surface area contributed by atoms with E-state index in [1.807, 2.05) is 0 Å². The predicted molar refractivity (Wildman–Crippen MR) is 240 cm³/mol. The third-order valence-corrected chi connectivity index (χ3v) is 17.6. The first kappa shape index (κ1) is 34.0. The van der Waals surface area contributed by atoms with Crippen molar-refractivity contribution < 1.29 is 0 Å². The number of nitrogens with zero attached hydrogens (tertiary/aromatic N) is 1. The van der Waals surface area contributed by atoms with Crippen molar-refractivity contribution >= 4 is 17.1 Å². The molecule has 8 aliphatic carbocycles. The minimum atomic E-state index is 0.0786. The van der Waals surface area contributed by atoms with Gasteiger partial charge in [0.15, 0.2) is 0 Å². The van der Waals surface area contributed by atoms with Crippen LogP contribution in [-0.4, -0.2) is 0 Å². The SMILES string of the molecule is CCC1CC2CCCC(C2)C12c1ccccc1-c1ccc(N(c3cccc(-c4ccccc4)c3)c3ccc4c(c3)C3(c5ccccc5-4)C4CC5CC(C4)CC3C5)cc12. The van der Waals surface area contributed by atoms with Gasteiger partial charge < -0.3 is 4.90 Å². The third-order valence-electron chi connectivity index (χ3n) is 17.6. The molecule has 4 unspecified atom stereocenters. The minimum absolute atomic E-state index is 0.0786. The molecule has 4 atom stereocenters. The Bertz CT molecular complexity index is 2560. The largest absolute Gasteiger partial charge is 0.310 e. The molecule has 6 aromatic carbocycles. The van der Waals surface area contributed by atoms with Crippen molar-refractivity contribution in [3.63, 3.8) is 0 Å². The zero-order valence-corrected chi connectivity index (χ0v) is 34.0. The lowest BCUT2D eigenvalue weighted by Crippen LogP contribution is -2.55. The van der Waals surface area contributed by atoms with E-state index in [4.69, 9.17) is 0 Å². The van der Waals surface area contributed by atoms with Crippen LogP contribution in [0.15, 0.2) is 140 Å². The maximum atomic E-state index is 2.70. The molecule has 14 rings (SSSR count). The second kappa shape index (κ2) is 12.6. The summed E-state index contributed by atoms with van der Waals surface area (Å²) in [5.74, 6) is 5.60. The Morgan fingerprint density at radius 2 is 0.983 bits per heavy atom. The van der Waals surface area contributed by atoms with Gasteiger partial charge in [-0.1, -0.05) is 129 Å². The van der Waals surface area contributed by atoms with Gasteiger partial charge >= 0.3 is 0 Å². The molecular weight excluding hydrogens is 699 g/mol. The Labute approximate surface area is 345 Å². The molecule has 6 bridgehead atoms. The molecule has 1 heteroatoms. The highest BCUT2D eigenvalue weighted by atomic mass is 15.1. The van der Waals surface area contributed by atoms with Gasteiger partial charge in [-0.2, -0.15) is 0 Å². The van der Waals surface area contributed by atoms with E-state index >= 15 is 0 Å². The van der Waals surface area contributed by atoms with E-state index in [1.54, 1.807) is 22.3 Å². The van der Waals surface area contributed by atoms with Gasteiger partial charge in [-0.25, -0.2) is 0 Å².